The number of benzene rings is 1. The lowest BCUT2D eigenvalue weighted by Crippen LogP contribution is -2.45. The van der Waals surface area contributed by atoms with Crippen molar-refractivity contribution in [3.05, 3.63) is 27.3 Å². The number of nitrogens with one attached hydrogen (secondary N) is 2. The van der Waals surface area contributed by atoms with Crippen molar-refractivity contribution in [2.75, 3.05) is 11.9 Å². The number of amides is 2. The predicted molar refractivity (Wildman–Crippen MR) is 74.6 cm³/mol. The Hall–Kier alpha value is -1.35. The molecular formula is C11H13IN2O4. The van der Waals surface area contributed by atoms with Gasteiger partial charge in [-0.3, -0.25) is 0 Å². The molecule has 0 fully saturated rings. The summed E-state index contributed by atoms with van der Waals surface area (Å²) in [5, 5.41) is 22.2. The van der Waals surface area contributed by atoms with Crippen molar-refractivity contribution in [1.29, 1.82) is 0 Å². The number of aliphatic carboxylic acids is 1. The van der Waals surface area contributed by atoms with Crippen LogP contribution in [0.25, 0.3) is 0 Å². The van der Waals surface area contributed by atoms with Crippen molar-refractivity contribution in [1.82, 2.24) is 5.32 Å². The molecule has 1 aromatic rings. The minimum Gasteiger partial charge on any atom is -0.480 e. The van der Waals surface area contributed by atoms with Crippen LogP contribution in [-0.4, -0.2) is 34.9 Å². The number of carboxylic acid groups (broad SMARTS) is 1. The number of anilines is 1. The highest BCUT2D eigenvalue weighted by Crippen LogP contribution is 2.17. The maximum Gasteiger partial charge on any atom is 0.328 e. The number of rotatable bonds is 4. The van der Waals surface area contributed by atoms with Gasteiger partial charge < -0.3 is 20.8 Å². The fourth-order valence-electron chi connectivity index (χ4n) is 1.23. The Bertz CT molecular complexity index is 464. The molecule has 0 aliphatic heterocycles. The summed E-state index contributed by atoms with van der Waals surface area (Å²) in [5.41, 5.74) is 1.46. The second kappa shape index (κ2) is 6.55. The van der Waals surface area contributed by atoms with Crippen LogP contribution in [-0.2, 0) is 4.79 Å². The molecule has 0 aromatic heterocycles. The molecule has 6 nitrogen and oxygen atoms in total. The highest BCUT2D eigenvalue weighted by atomic mass is 127. The third-order valence-corrected chi connectivity index (χ3v) is 2.90. The molecule has 0 unspecified atom stereocenters. The predicted octanol–water partition coefficient (Wildman–Crippen LogP) is 1.17. The van der Waals surface area contributed by atoms with E-state index >= 15 is 0 Å². The van der Waals surface area contributed by atoms with E-state index in [9.17, 15) is 9.59 Å². The Balaban J connectivity index is 2.70. The van der Waals surface area contributed by atoms with Crippen molar-refractivity contribution >= 4 is 40.3 Å². The second-order valence-corrected chi connectivity index (χ2v) is 4.88. The molecule has 4 N–H and O–H groups in total. The van der Waals surface area contributed by atoms with E-state index in [0.717, 1.165) is 9.13 Å². The Kier molecular flexibility index (Phi) is 5.35. The van der Waals surface area contributed by atoms with Gasteiger partial charge in [0.15, 0.2) is 6.04 Å². The standard InChI is InChI=1S/C11H13IN2O4/c1-6-2-3-7(12)4-8(6)13-11(18)14-9(5-15)10(16)17/h2-4,9,15H,5H2,1H3,(H,16,17)(H2,13,14,18)/t9-/m0/s1. The van der Waals surface area contributed by atoms with Gasteiger partial charge >= 0.3 is 12.0 Å². The number of hydrogen-bond donors (Lipinski definition) is 4. The third-order valence-electron chi connectivity index (χ3n) is 2.23. The average Bonchev–Trinajstić information content (AvgIpc) is 2.30. The number of aliphatic hydroxyl groups is 1. The van der Waals surface area contributed by atoms with E-state index in [1.54, 1.807) is 6.07 Å². The molecule has 0 bridgehead atoms. The minimum atomic E-state index is -1.31. The number of hydrogen-bond acceptors (Lipinski definition) is 3. The zero-order valence-corrected chi connectivity index (χ0v) is 11.8. The van der Waals surface area contributed by atoms with Gasteiger partial charge in [-0.25, -0.2) is 9.59 Å². The average molecular weight is 364 g/mol. The first-order chi connectivity index (χ1) is 8.43. The summed E-state index contributed by atoms with van der Waals surface area (Å²) >= 11 is 2.11. The smallest absolute Gasteiger partial charge is 0.328 e. The summed E-state index contributed by atoms with van der Waals surface area (Å²) in [6.07, 6.45) is 0. The summed E-state index contributed by atoms with van der Waals surface area (Å²) in [5.74, 6) is -1.29. The Morgan fingerprint density at radius 2 is 2.11 bits per heavy atom. The van der Waals surface area contributed by atoms with Crippen molar-refractivity contribution in [3.63, 3.8) is 0 Å². The molecule has 0 spiro atoms. The van der Waals surface area contributed by atoms with Crippen molar-refractivity contribution in [2.24, 2.45) is 0 Å². The number of aliphatic hydroxyl groups excluding tert-OH is 1. The molecule has 0 radical (unpaired) electrons. The Morgan fingerprint density at radius 3 is 2.67 bits per heavy atom. The van der Waals surface area contributed by atoms with E-state index in [-0.39, 0.29) is 0 Å². The van der Waals surface area contributed by atoms with Crippen molar-refractivity contribution in [3.8, 4) is 0 Å². The molecule has 98 valence electrons. The fourth-order valence-corrected chi connectivity index (χ4v) is 1.72. The number of urea groups is 1. The number of halogens is 1. The Morgan fingerprint density at radius 1 is 1.44 bits per heavy atom. The highest BCUT2D eigenvalue weighted by molar-refractivity contribution is 14.1. The van der Waals surface area contributed by atoms with E-state index in [0.29, 0.717) is 5.69 Å². The quantitative estimate of drug-likeness (QED) is 0.603. The van der Waals surface area contributed by atoms with Gasteiger partial charge in [0.25, 0.3) is 0 Å². The number of aryl methyl sites for hydroxylation is 1. The summed E-state index contributed by atoms with van der Waals surface area (Å²) in [6.45, 7) is 1.17. The minimum absolute atomic E-state index is 0.599. The summed E-state index contributed by atoms with van der Waals surface area (Å²) in [7, 11) is 0. The lowest BCUT2D eigenvalue weighted by atomic mass is 10.2. The fraction of sp³-hybridized carbons (Fsp3) is 0.273. The summed E-state index contributed by atoms with van der Waals surface area (Å²) < 4.78 is 0.949. The van der Waals surface area contributed by atoms with Gasteiger partial charge in [-0.2, -0.15) is 0 Å². The van der Waals surface area contributed by atoms with Crippen LogP contribution in [0.2, 0.25) is 0 Å². The third kappa shape index (κ3) is 4.15. The molecule has 0 heterocycles. The monoisotopic (exact) mass is 364 g/mol. The first kappa shape index (κ1) is 14.7. The van der Waals surface area contributed by atoms with E-state index in [2.05, 4.69) is 33.2 Å². The van der Waals surface area contributed by atoms with Gasteiger partial charge in [-0.1, -0.05) is 6.07 Å². The van der Waals surface area contributed by atoms with Gasteiger partial charge in [0, 0.05) is 9.26 Å². The second-order valence-electron chi connectivity index (χ2n) is 3.63. The molecule has 7 heteroatoms. The SMILES string of the molecule is Cc1ccc(I)cc1NC(=O)N[C@@H](CO)C(=O)O. The molecule has 18 heavy (non-hydrogen) atoms. The molecule has 0 saturated carbocycles. The van der Waals surface area contributed by atoms with Crippen LogP contribution in [0.1, 0.15) is 5.56 Å². The van der Waals surface area contributed by atoms with Gasteiger partial charge in [0.2, 0.25) is 0 Å². The van der Waals surface area contributed by atoms with Gasteiger partial charge in [0.05, 0.1) is 6.61 Å². The summed E-state index contributed by atoms with van der Waals surface area (Å²) in [4.78, 5) is 22.2. The lowest BCUT2D eigenvalue weighted by Gasteiger charge is -2.14. The first-order valence-corrected chi connectivity index (χ1v) is 6.19. The molecule has 0 saturated heterocycles. The van der Waals surface area contributed by atoms with E-state index in [1.165, 1.54) is 0 Å². The molecule has 1 aromatic carbocycles. The van der Waals surface area contributed by atoms with Crippen molar-refractivity contribution in [2.45, 2.75) is 13.0 Å². The topological polar surface area (TPSA) is 98.7 Å². The van der Waals surface area contributed by atoms with Gasteiger partial charge in [0.1, 0.15) is 0 Å². The molecule has 0 aliphatic carbocycles. The Labute approximate surface area is 118 Å². The molecule has 1 rings (SSSR count). The zero-order valence-electron chi connectivity index (χ0n) is 9.61. The molecule has 2 amide bonds. The summed E-state index contributed by atoms with van der Waals surface area (Å²) in [6, 6.07) is 3.53. The number of carbonyl (C=O) groups is 2. The number of carbonyl (C=O) groups excluding carboxylic acids is 1. The van der Waals surface area contributed by atoms with Crippen LogP contribution in [0.15, 0.2) is 18.2 Å². The van der Waals surface area contributed by atoms with Crippen LogP contribution in [0.3, 0.4) is 0 Å². The maximum absolute atomic E-state index is 11.6. The molecular weight excluding hydrogens is 351 g/mol. The van der Waals surface area contributed by atoms with Crippen LogP contribution >= 0.6 is 22.6 Å². The maximum atomic E-state index is 11.6. The van der Waals surface area contributed by atoms with Crippen LogP contribution < -0.4 is 10.6 Å². The highest BCUT2D eigenvalue weighted by Gasteiger charge is 2.18. The van der Waals surface area contributed by atoms with Crippen LogP contribution in [0, 0.1) is 10.5 Å². The normalized spacial score (nSPS) is 11.7. The zero-order chi connectivity index (χ0) is 13.7. The van der Waals surface area contributed by atoms with E-state index in [4.69, 9.17) is 10.2 Å². The van der Waals surface area contributed by atoms with Gasteiger partial charge in [-0.15, -0.1) is 0 Å². The first-order valence-electron chi connectivity index (χ1n) is 5.11. The van der Waals surface area contributed by atoms with Crippen LogP contribution in [0.5, 0.6) is 0 Å². The van der Waals surface area contributed by atoms with E-state index < -0.39 is 24.6 Å². The van der Waals surface area contributed by atoms with Gasteiger partial charge in [-0.05, 0) is 47.2 Å². The van der Waals surface area contributed by atoms with E-state index in [1.807, 2.05) is 19.1 Å². The largest absolute Gasteiger partial charge is 0.480 e. The number of carboxylic acids is 1. The molecule has 1 atom stereocenters. The van der Waals surface area contributed by atoms with Crippen molar-refractivity contribution < 1.29 is 19.8 Å². The molecule has 0 aliphatic rings. The van der Waals surface area contributed by atoms with Crippen LogP contribution in [0.4, 0.5) is 10.5 Å². The lowest BCUT2D eigenvalue weighted by molar-refractivity contribution is -0.140.